The van der Waals surface area contributed by atoms with Crippen LogP contribution in [0, 0.1) is 6.92 Å². The Bertz CT molecular complexity index is 375. The summed E-state index contributed by atoms with van der Waals surface area (Å²) in [4.78, 5) is 7.12. The monoisotopic (exact) mass is 234 g/mol. The molecule has 94 valence electrons. The Labute approximate surface area is 103 Å². The zero-order chi connectivity index (χ0) is 11.7. The minimum absolute atomic E-state index is 0.683. The minimum Gasteiger partial charge on any atom is -0.353 e. The molecule has 0 atom stereocenters. The van der Waals surface area contributed by atoms with E-state index in [2.05, 4.69) is 32.9 Å². The lowest BCUT2D eigenvalue weighted by Crippen LogP contribution is -2.24. The quantitative estimate of drug-likeness (QED) is 0.844. The van der Waals surface area contributed by atoms with Gasteiger partial charge in [0, 0.05) is 25.3 Å². The standard InChI is InChI=1S/C13H22N4/c1-11-10-17(9-8-16-6-2-3-7-16)13(14-11)15-12-4-5-12/h10,12H,2-9H2,1H3,(H,14,15). The van der Waals surface area contributed by atoms with Crippen LogP contribution in [0.5, 0.6) is 0 Å². The molecule has 0 radical (unpaired) electrons. The number of nitrogens with zero attached hydrogens (tertiary/aromatic N) is 3. The minimum atomic E-state index is 0.683. The Morgan fingerprint density at radius 1 is 1.29 bits per heavy atom. The first-order valence-corrected chi connectivity index (χ1v) is 6.84. The van der Waals surface area contributed by atoms with Crippen LogP contribution >= 0.6 is 0 Å². The maximum Gasteiger partial charge on any atom is 0.203 e. The molecule has 2 fully saturated rings. The maximum atomic E-state index is 4.57. The van der Waals surface area contributed by atoms with Gasteiger partial charge in [-0.1, -0.05) is 0 Å². The molecule has 0 spiro atoms. The number of rotatable bonds is 5. The lowest BCUT2D eigenvalue weighted by Gasteiger charge is -2.16. The topological polar surface area (TPSA) is 33.1 Å². The van der Waals surface area contributed by atoms with Crippen molar-refractivity contribution in [1.29, 1.82) is 0 Å². The van der Waals surface area contributed by atoms with Crippen molar-refractivity contribution in [2.75, 3.05) is 25.0 Å². The van der Waals surface area contributed by atoms with Crippen molar-refractivity contribution < 1.29 is 0 Å². The number of likely N-dealkylation sites (tertiary alicyclic amines) is 1. The van der Waals surface area contributed by atoms with E-state index in [1.54, 1.807) is 0 Å². The van der Waals surface area contributed by atoms with Gasteiger partial charge in [-0.3, -0.25) is 0 Å². The van der Waals surface area contributed by atoms with Gasteiger partial charge in [-0.15, -0.1) is 0 Å². The SMILES string of the molecule is Cc1cn(CCN2CCCC2)c(NC2CC2)n1. The largest absolute Gasteiger partial charge is 0.353 e. The highest BCUT2D eigenvalue weighted by molar-refractivity contribution is 5.32. The molecule has 1 aromatic rings. The molecule has 0 amide bonds. The van der Waals surface area contributed by atoms with E-state index in [9.17, 15) is 0 Å². The summed E-state index contributed by atoms with van der Waals surface area (Å²) in [5, 5.41) is 3.51. The van der Waals surface area contributed by atoms with E-state index in [1.807, 2.05) is 0 Å². The summed E-state index contributed by atoms with van der Waals surface area (Å²) < 4.78 is 2.28. The van der Waals surface area contributed by atoms with Gasteiger partial charge in [0.1, 0.15) is 0 Å². The van der Waals surface area contributed by atoms with Crippen LogP contribution in [0.3, 0.4) is 0 Å². The fourth-order valence-electron chi connectivity index (χ4n) is 2.50. The number of aryl methyl sites for hydroxylation is 1. The molecular weight excluding hydrogens is 212 g/mol. The summed E-state index contributed by atoms with van der Waals surface area (Å²) in [5.41, 5.74) is 1.12. The van der Waals surface area contributed by atoms with Gasteiger partial charge >= 0.3 is 0 Å². The highest BCUT2D eigenvalue weighted by atomic mass is 15.2. The molecule has 1 aliphatic carbocycles. The average molecular weight is 234 g/mol. The van der Waals surface area contributed by atoms with Gasteiger partial charge in [0.2, 0.25) is 5.95 Å². The molecule has 4 nitrogen and oxygen atoms in total. The van der Waals surface area contributed by atoms with Gasteiger partial charge in [-0.05, 0) is 45.7 Å². The normalized spacial score (nSPS) is 21.0. The van der Waals surface area contributed by atoms with E-state index >= 15 is 0 Å². The van der Waals surface area contributed by atoms with E-state index in [-0.39, 0.29) is 0 Å². The van der Waals surface area contributed by atoms with Crippen molar-refractivity contribution in [3.05, 3.63) is 11.9 Å². The molecule has 1 saturated heterocycles. The smallest absolute Gasteiger partial charge is 0.203 e. The van der Waals surface area contributed by atoms with Gasteiger partial charge < -0.3 is 14.8 Å². The second-order valence-electron chi connectivity index (χ2n) is 5.37. The predicted molar refractivity (Wildman–Crippen MR) is 69.3 cm³/mol. The number of imidazole rings is 1. The van der Waals surface area contributed by atoms with Crippen molar-refractivity contribution in [2.45, 2.75) is 45.2 Å². The first-order chi connectivity index (χ1) is 8.31. The average Bonchev–Trinajstić information content (AvgIpc) is 2.85. The Kier molecular flexibility index (Phi) is 3.05. The zero-order valence-corrected chi connectivity index (χ0v) is 10.7. The number of aromatic nitrogens is 2. The highest BCUT2D eigenvalue weighted by Crippen LogP contribution is 2.24. The maximum absolute atomic E-state index is 4.57. The summed E-state index contributed by atoms with van der Waals surface area (Å²) in [7, 11) is 0. The Hall–Kier alpha value is -1.03. The first-order valence-electron chi connectivity index (χ1n) is 6.84. The zero-order valence-electron chi connectivity index (χ0n) is 10.7. The molecular formula is C13H22N4. The van der Waals surface area contributed by atoms with Crippen molar-refractivity contribution in [3.8, 4) is 0 Å². The van der Waals surface area contributed by atoms with Crippen LogP contribution < -0.4 is 5.32 Å². The Balaban J connectivity index is 1.59. The van der Waals surface area contributed by atoms with Crippen LogP contribution in [0.1, 0.15) is 31.4 Å². The molecule has 2 aliphatic rings. The van der Waals surface area contributed by atoms with Crippen LogP contribution in [0.15, 0.2) is 6.20 Å². The van der Waals surface area contributed by atoms with Crippen molar-refractivity contribution in [2.24, 2.45) is 0 Å². The fourth-order valence-corrected chi connectivity index (χ4v) is 2.50. The van der Waals surface area contributed by atoms with Gasteiger partial charge in [0.15, 0.2) is 0 Å². The third-order valence-electron chi connectivity index (χ3n) is 3.66. The molecule has 0 aromatic carbocycles. The first kappa shape index (κ1) is 11.1. The molecule has 2 heterocycles. The number of hydrogen-bond acceptors (Lipinski definition) is 3. The Morgan fingerprint density at radius 3 is 2.76 bits per heavy atom. The summed E-state index contributed by atoms with van der Waals surface area (Å²) in [6.45, 7) is 6.85. The van der Waals surface area contributed by atoms with Gasteiger partial charge in [-0.2, -0.15) is 0 Å². The third kappa shape index (κ3) is 2.80. The lowest BCUT2D eigenvalue weighted by molar-refractivity contribution is 0.323. The van der Waals surface area contributed by atoms with Crippen LogP contribution in [-0.4, -0.2) is 40.1 Å². The van der Waals surface area contributed by atoms with E-state index in [0.29, 0.717) is 6.04 Å². The van der Waals surface area contributed by atoms with Gasteiger partial charge in [0.05, 0.1) is 5.69 Å². The molecule has 3 rings (SSSR count). The van der Waals surface area contributed by atoms with Gasteiger partial charge in [-0.25, -0.2) is 4.98 Å². The highest BCUT2D eigenvalue weighted by Gasteiger charge is 2.23. The fraction of sp³-hybridized carbons (Fsp3) is 0.769. The molecule has 1 aromatic heterocycles. The summed E-state index contributed by atoms with van der Waals surface area (Å²) >= 11 is 0. The van der Waals surface area contributed by atoms with Gasteiger partial charge in [0.25, 0.3) is 0 Å². The van der Waals surface area contributed by atoms with E-state index in [1.165, 1.54) is 38.8 Å². The molecule has 1 saturated carbocycles. The summed E-state index contributed by atoms with van der Waals surface area (Å²) in [6.07, 6.45) is 7.52. The summed E-state index contributed by atoms with van der Waals surface area (Å²) in [6, 6.07) is 0.683. The van der Waals surface area contributed by atoms with Crippen LogP contribution in [-0.2, 0) is 6.54 Å². The lowest BCUT2D eigenvalue weighted by atomic mass is 10.4. The molecule has 4 heteroatoms. The second kappa shape index (κ2) is 4.69. The van der Waals surface area contributed by atoms with E-state index in [0.717, 1.165) is 24.7 Å². The van der Waals surface area contributed by atoms with E-state index < -0.39 is 0 Å². The molecule has 17 heavy (non-hydrogen) atoms. The molecule has 0 bridgehead atoms. The van der Waals surface area contributed by atoms with Crippen molar-refractivity contribution in [3.63, 3.8) is 0 Å². The Morgan fingerprint density at radius 2 is 2.06 bits per heavy atom. The predicted octanol–water partition coefficient (Wildman–Crippen LogP) is 1.86. The number of nitrogens with one attached hydrogen (secondary N) is 1. The number of hydrogen-bond donors (Lipinski definition) is 1. The van der Waals surface area contributed by atoms with E-state index in [4.69, 9.17) is 0 Å². The molecule has 1 N–H and O–H groups in total. The van der Waals surface area contributed by atoms with Crippen LogP contribution in [0.2, 0.25) is 0 Å². The van der Waals surface area contributed by atoms with Crippen LogP contribution in [0.4, 0.5) is 5.95 Å². The second-order valence-corrected chi connectivity index (χ2v) is 5.37. The molecule has 1 aliphatic heterocycles. The summed E-state index contributed by atoms with van der Waals surface area (Å²) in [5.74, 6) is 1.07. The van der Waals surface area contributed by atoms with Crippen molar-refractivity contribution in [1.82, 2.24) is 14.5 Å². The molecule has 0 unspecified atom stereocenters. The van der Waals surface area contributed by atoms with Crippen molar-refractivity contribution >= 4 is 5.95 Å². The van der Waals surface area contributed by atoms with Crippen LogP contribution in [0.25, 0.3) is 0 Å². The third-order valence-corrected chi connectivity index (χ3v) is 3.66. The number of anilines is 1.